The molecule has 1 N–H and O–H groups in total. The lowest BCUT2D eigenvalue weighted by molar-refractivity contribution is -0.116. The van der Waals surface area contributed by atoms with Crippen LogP contribution in [-0.2, 0) is 17.1 Å². The first kappa shape index (κ1) is 24.6. The second kappa shape index (κ2) is 11.7. The van der Waals surface area contributed by atoms with Crippen molar-refractivity contribution in [3.05, 3.63) is 106 Å². The van der Waals surface area contributed by atoms with Crippen LogP contribution in [0.15, 0.2) is 84.0 Å². The number of aryl methyl sites for hydroxylation is 1. The normalized spacial score (nSPS) is 11.1. The van der Waals surface area contributed by atoms with Crippen molar-refractivity contribution in [1.29, 1.82) is 0 Å². The van der Waals surface area contributed by atoms with Crippen LogP contribution in [0.3, 0.4) is 0 Å². The van der Waals surface area contributed by atoms with Gasteiger partial charge in [-0.2, -0.15) is 0 Å². The van der Waals surface area contributed by atoms with Gasteiger partial charge in [-0.25, -0.2) is 0 Å². The first-order chi connectivity index (χ1) is 17.0. The number of benzene rings is 3. The summed E-state index contributed by atoms with van der Waals surface area (Å²) in [6, 6.07) is 23.3. The van der Waals surface area contributed by atoms with E-state index in [1.54, 1.807) is 24.9 Å². The molecule has 0 radical (unpaired) electrons. The Morgan fingerprint density at radius 2 is 1.91 bits per heavy atom. The number of hydrogen-bond donors (Lipinski definition) is 1. The van der Waals surface area contributed by atoms with Gasteiger partial charge in [-0.1, -0.05) is 71.9 Å². The minimum absolute atomic E-state index is 0.211. The zero-order chi connectivity index (χ0) is 24.6. The van der Waals surface area contributed by atoms with E-state index in [2.05, 4.69) is 15.5 Å². The number of amides is 1. The monoisotopic (exact) mass is 504 g/mol. The summed E-state index contributed by atoms with van der Waals surface area (Å²) in [4.78, 5) is 12.4. The van der Waals surface area contributed by atoms with Gasteiger partial charge in [0.2, 0.25) is 5.91 Å². The van der Waals surface area contributed by atoms with Gasteiger partial charge in [0.05, 0.1) is 19.3 Å². The van der Waals surface area contributed by atoms with Crippen LogP contribution in [0.25, 0.3) is 11.8 Å². The molecule has 178 valence electrons. The number of halogens is 1. The maximum atomic E-state index is 12.4. The molecule has 0 spiro atoms. The van der Waals surface area contributed by atoms with Crippen molar-refractivity contribution >= 4 is 35.3 Å². The third-order valence-electron chi connectivity index (χ3n) is 5.26. The van der Waals surface area contributed by atoms with E-state index in [9.17, 15) is 4.79 Å². The Bertz CT molecular complexity index is 1340. The SMILES string of the molecule is COc1cccc(CSc2nnc(CNC(=O)/C=C/c3ccccc3)n2-c2cc(Cl)ccc2C)c1. The Labute approximate surface area is 214 Å². The Balaban J connectivity index is 1.55. The molecule has 1 aromatic heterocycles. The number of nitrogens with one attached hydrogen (secondary N) is 1. The lowest BCUT2D eigenvalue weighted by atomic mass is 10.2. The standard InChI is InChI=1S/C27H25ClN4O2S/c1-19-11-13-22(28)16-24(19)32-25(17-29-26(33)14-12-20-7-4-3-5-8-20)30-31-27(32)35-18-21-9-6-10-23(15-21)34-2/h3-16H,17-18H2,1-2H3,(H,29,33)/b14-12+. The lowest BCUT2D eigenvalue weighted by Gasteiger charge is -2.13. The molecule has 0 saturated carbocycles. The first-order valence-electron chi connectivity index (χ1n) is 11.0. The summed E-state index contributed by atoms with van der Waals surface area (Å²) < 4.78 is 7.28. The highest BCUT2D eigenvalue weighted by Crippen LogP contribution is 2.29. The Hall–Kier alpha value is -3.55. The molecule has 4 rings (SSSR count). The first-order valence-corrected chi connectivity index (χ1v) is 12.4. The zero-order valence-corrected chi connectivity index (χ0v) is 21.0. The molecule has 1 heterocycles. The molecule has 4 aromatic rings. The smallest absolute Gasteiger partial charge is 0.244 e. The van der Waals surface area contributed by atoms with E-state index in [1.807, 2.05) is 84.3 Å². The summed E-state index contributed by atoms with van der Waals surface area (Å²) >= 11 is 7.87. The average Bonchev–Trinajstić information content (AvgIpc) is 3.29. The maximum absolute atomic E-state index is 12.4. The van der Waals surface area contributed by atoms with Crippen LogP contribution in [0.2, 0.25) is 5.02 Å². The fraction of sp³-hybridized carbons (Fsp3) is 0.148. The summed E-state index contributed by atoms with van der Waals surface area (Å²) in [5.41, 5.74) is 3.96. The summed E-state index contributed by atoms with van der Waals surface area (Å²) in [6.07, 6.45) is 3.29. The van der Waals surface area contributed by atoms with Crippen LogP contribution < -0.4 is 10.1 Å². The number of methoxy groups -OCH3 is 1. The van der Waals surface area contributed by atoms with Crippen molar-refractivity contribution in [1.82, 2.24) is 20.1 Å². The molecule has 0 bridgehead atoms. The van der Waals surface area contributed by atoms with Gasteiger partial charge in [-0.15, -0.1) is 10.2 Å². The topological polar surface area (TPSA) is 69.0 Å². The highest BCUT2D eigenvalue weighted by molar-refractivity contribution is 7.98. The molecule has 0 fully saturated rings. The van der Waals surface area contributed by atoms with Crippen molar-refractivity contribution in [2.45, 2.75) is 24.4 Å². The molecule has 0 saturated heterocycles. The van der Waals surface area contributed by atoms with Crippen LogP contribution in [0.5, 0.6) is 5.75 Å². The van der Waals surface area contributed by atoms with Crippen LogP contribution in [-0.4, -0.2) is 27.8 Å². The number of hydrogen-bond acceptors (Lipinski definition) is 5. The molecule has 0 atom stereocenters. The molecule has 0 aliphatic heterocycles. The van der Waals surface area contributed by atoms with Crippen molar-refractivity contribution in [2.75, 3.05) is 7.11 Å². The molecule has 0 aliphatic rings. The van der Waals surface area contributed by atoms with Crippen LogP contribution in [0.1, 0.15) is 22.5 Å². The van der Waals surface area contributed by atoms with Crippen molar-refractivity contribution in [2.24, 2.45) is 0 Å². The number of ether oxygens (including phenoxy) is 1. The predicted molar refractivity (Wildman–Crippen MR) is 141 cm³/mol. The largest absolute Gasteiger partial charge is 0.497 e. The second-order valence-electron chi connectivity index (χ2n) is 7.77. The average molecular weight is 505 g/mol. The van der Waals surface area contributed by atoms with Crippen molar-refractivity contribution in [3.63, 3.8) is 0 Å². The van der Waals surface area contributed by atoms with Crippen LogP contribution >= 0.6 is 23.4 Å². The second-order valence-corrected chi connectivity index (χ2v) is 9.15. The number of thioether (sulfide) groups is 1. The Morgan fingerprint density at radius 3 is 2.71 bits per heavy atom. The van der Waals surface area contributed by atoms with Crippen LogP contribution in [0, 0.1) is 6.92 Å². The Kier molecular flexibility index (Phi) is 8.23. The minimum atomic E-state index is -0.211. The molecule has 6 nitrogen and oxygen atoms in total. The summed E-state index contributed by atoms with van der Waals surface area (Å²) in [7, 11) is 1.65. The van der Waals surface area contributed by atoms with E-state index in [1.165, 1.54) is 6.08 Å². The maximum Gasteiger partial charge on any atom is 0.244 e. The number of rotatable bonds is 9. The van der Waals surface area contributed by atoms with Gasteiger partial charge in [0.1, 0.15) is 5.75 Å². The molecule has 1 amide bonds. The quantitative estimate of drug-likeness (QED) is 0.228. The molecular formula is C27H25ClN4O2S. The number of aromatic nitrogens is 3. The van der Waals surface area contributed by atoms with Gasteiger partial charge in [-0.3, -0.25) is 9.36 Å². The lowest BCUT2D eigenvalue weighted by Crippen LogP contribution is -2.22. The fourth-order valence-corrected chi connectivity index (χ4v) is 4.52. The zero-order valence-electron chi connectivity index (χ0n) is 19.4. The van der Waals surface area contributed by atoms with Gasteiger partial charge in [0.25, 0.3) is 0 Å². The third-order valence-corrected chi connectivity index (χ3v) is 6.50. The van der Waals surface area contributed by atoms with Gasteiger partial charge < -0.3 is 10.1 Å². The minimum Gasteiger partial charge on any atom is -0.497 e. The highest BCUT2D eigenvalue weighted by atomic mass is 35.5. The molecular weight excluding hydrogens is 480 g/mol. The van der Waals surface area contributed by atoms with E-state index in [0.29, 0.717) is 21.8 Å². The highest BCUT2D eigenvalue weighted by Gasteiger charge is 2.17. The number of nitrogens with zero attached hydrogens (tertiary/aromatic N) is 3. The van der Waals surface area contributed by atoms with Gasteiger partial charge in [0, 0.05) is 16.9 Å². The molecule has 8 heteroatoms. The van der Waals surface area contributed by atoms with E-state index in [-0.39, 0.29) is 12.5 Å². The van der Waals surface area contributed by atoms with Crippen molar-refractivity contribution < 1.29 is 9.53 Å². The van der Waals surface area contributed by atoms with E-state index >= 15 is 0 Å². The van der Waals surface area contributed by atoms with Crippen molar-refractivity contribution in [3.8, 4) is 11.4 Å². The summed E-state index contributed by atoms with van der Waals surface area (Å²) in [5.74, 6) is 1.89. The van der Waals surface area contributed by atoms with Gasteiger partial charge in [0.15, 0.2) is 11.0 Å². The number of carbonyl (C=O) groups excluding carboxylic acids is 1. The van der Waals surface area contributed by atoms with E-state index in [4.69, 9.17) is 16.3 Å². The van der Waals surface area contributed by atoms with Gasteiger partial charge >= 0.3 is 0 Å². The fourth-order valence-electron chi connectivity index (χ4n) is 3.44. The molecule has 0 aliphatic carbocycles. The third kappa shape index (κ3) is 6.53. The van der Waals surface area contributed by atoms with Gasteiger partial charge in [-0.05, 0) is 54.0 Å². The summed E-state index contributed by atoms with van der Waals surface area (Å²) in [6.45, 7) is 2.23. The number of carbonyl (C=O) groups is 1. The Morgan fingerprint density at radius 1 is 1.09 bits per heavy atom. The summed E-state index contributed by atoms with van der Waals surface area (Å²) in [5, 5.41) is 13.0. The van der Waals surface area contributed by atoms with Crippen LogP contribution in [0.4, 0.5) is 0 Å². The van der Waals surface area contributed by atoms with E-state index < -0.39 is 0 Å². The predicted octanol–water partition coefficient (Wildman–Crippen LogP) is 5.86. The molecule has 3 aromatic carbocycles. The van der Waals surface area contributed by atoms with E-state index in [0.717, 1.165) is 28.1 Å². The molecule has 0 unspecified atom stereocenters. The molecule has 35 heavy (non-hydrogen) atoms.